The van der Waals surface area contributed by atoms with Gasteiger partial charge in [0.05, 0.1) is 0 Å². The average molecular weight is 337 g/mol. The number of furan rings is 1. The molecule has 22 heavy (non-hydrogen) atoms. The number of imide groups is 1. The average Bonchev–Trinajstić information content (AvgIpc) is 2.90. The number of hydrogen-bond donors (Lipinski definition) is 2. The van der Waals surface area contributed by atoms with E-state index in [1.54, 1.807) is 19.3 Å². The van der Waals surface area contributed by atoms with Crippen LogP contribution in [0.2, 0.25) is 0 Å². The summed E-state index contributed by atoms with van der Waals surface area (Å²) in [6.07, 6.45) is 8.98. The first-order valence-corrected chi connectivity index (χ1v) is 7.65. The Labute approximate surface area is 136 Å². The summed E-state index contributed by atoms with van der Waals surface area (Å²) in [6, 6.07) is -0.442. The summed E-state index contributed by atoms with van der Waals surface area (Å²) in [5.74, 6) is -0.537. The van der Waals surface area contributed by atoms with Gasteiger partial charge in [0.2, 0.25) is 0 Å². The summed E-state index contributed by atoms with van der Waals surface area (Å²) < 4.78 is 5.61. The van der Waals surface area contributed by atoms with E-state index in [1.807, 2.05) is 17.9 Å². The van der Waals surface area contributed by atoms with Crippen molar-refractivity contribution in [1.29, 1.82) is 0 Å². The second-order valence-electron chi connectivity index (χ2n) is 4.96. The van der Waals surface area contributed by atoms with Crippen LogP contribution in [-0.2, 0) is 25.4 Å². The van der Waals surface area contributed by atoms with Gasteiger partial charge in [-0.2, -0.15) is 0 Å². The quantitative estimate of drug-likeness (QED) is 0.607. The molecule has 0 spiro atoms. The van der Waals surface area contributed by atoms with Crippen LogP contribution in [-0.4, -0.2) is 22.7 Å². The second-order valence-corrected chi connectivity index (χ2v) is 5.33. The Hall–Kier alpha value is -1.90. The first-order valence-electron chi connectivity index (χ1n) is 6.91. The fourth-order valence-corrected chi connectivity index (χ4v) is 2.36. The van der Waals surface area contributed by atoms with Gasteiger partial charge in [0.25, 0.3) is 0 Å². The summed E-state index contributed by atoms with van der Waals surface area (Å²) in [7, 11) is 0. The van der Waals surface area contributed by atoms with Crippen molar-refractivity contribution in [3.63, 3.8) is 0 Å². The molecule has 1 saturated heterocycles. The molecule has 1 aromatic heterocycles. The van der Waals surface area contributed by atoms with Crippen molar-refractivity contribution in [3.8, 4) is 0 Å². The first kappa shape index (κ1) is 16.5. The Kier molecular flexibility index (Phi) is 5.53. The molecule has 116 valence electrons. The SMILES string of the molecule is C[C-]=C/C=c1/c(NC2CCC(=O)NC2=O)co/c1=C(\C)[CH]=[Cr]. The van der Waals surface area contributed by atoms with Crippen LogP contribution in [0.15, 0.2) is 16.8 Å². The molecule has 2 amide bonds. The molecule has 0 aromatic carbocycles. The predicted octanol–water partition coefficient (Wildman–Crippen LogP) is 0.176. The fourth-order valence-electron chi connectivity index (χ4n) is 2.19. The molecule has 2 heterocycles. The van der Waals surface area contributed by atoms with Gasteiger partial charge in [0.1, 0.15) is 0 Å². The van der Waals surface area contributed by atoms with Crippen molar-refractivity contribution in [1.82, 2.24) is 5.32 Å². The van der Waals surface area contributed by atoms with Gasteiger partial charge in [-0.3, -0.25) is 0 Å². The van der Waals surface area contributed by atoms with Gasteiger partial charge in [0, 0.05) is 0 Å². The van der Waals surface area contributed by atoms with Crippen molar-refractivity contribution >= 4 is 34.0 Å². The fraction of sp³-hybridized carbons (Fsp3) is 0.312. The summed E-state index contributed by atoms with van der Waals surface area (Å²) in [5.41, 5.74) is 2.39. The standard InChI is InChI=1S/C16H17N2O3.Cr/c1-4-5-6-11-13(9-21-15(11)10(2)3)17-12-7-8-14(19)18-16(12)20;/h2,5-6,9,12,17H,7-8H2,1,3H3,(H,18,19,20);/q-1;/b11-6-,15-10-;. The molecule has 6 heteroatoms. The zero-order valence-corrected chi connectivity index (χ0v) is 13.7. The van der Waals surface area contributed by atoms with Crippen molar-refractivity contribution in [3.05, 3.63) is 29.0 Å². The summed E-state index contributed by atoms with van der Waals surface area (Å²) >= 11 is 2.84. The monoisotopic (exact) mass is 337 g/mol. The molecule has 1 unspecified atom stereocenters. The summed E-state index contributed by atoms with van der Waals surface area (Å²) in [4.78, 5) is 24.9. The predicted molar refractivity (Wildman–Crippen MR) is 80.9 cm³/mol. The number of anilines is 1. The molecule has 2 N–H and O–H groups in total. The number of hydrogen-bond acceptors (Lipinski definition) is 4. The zero-order chi connectivity index (χ0) is 16.1. The molecular weight excluding hydrogens is 320 g/mol. The van der Waals surface area contributed by atoms with Gasteiger partial charge < -0.3 is 0 Å². The van der Waals surface area contributed by atoms with Crippen molar-refractivity contribution in [2.24, 2.45) is 0 Å². The molecule has 1 aliphatic rings. The van der Waals surface area contributed by atoms with E-state index in [4.69, 9.17) is 4.42 Å². The molecular formula is C16H17CrN2O3-. The van der Waals surface area contributed by atoms with Gasteiger partial charge in [-0.15, -0.1) is 0 Å². The van der Waals surface area contributed by atoms with Crippen LogP contribution >= 0.6 is 0 Å². The van der Waals surface area contributed by atoms with E-state index in [-0.39, 0.29) is 11.8 Å². The summed E-state index contributed by atoms with van der Waals surface area (Å²) in [6.45, 7) is 3.74. The number of carbonyl (C=O) groups excluding carboxylic acids is 2. The van der Waals surface area contributed by atoms with E-state index in [0.717, 1.165) is 21.9 Å². The molecule has 0 saturated carbocycles. The van der Waals surface area contributed by atoms with Gasteiger partial charge in [0.15, 0.2) is 0 Å². The van der Waals surface area contributed by atoms with Gasteiger partial charge in [-0.1, -0.05) is 0 Å². The number of carbonyl (C=O) groups is 2. The minimum absolute atomic E-state index is 0.230. The third-order valence-electron chi connectivity index (χ3n) is 3.35. The van der Waals surface area contributed by atoms with Crippen LogP contribution in [0, 0.1) is 6.08 Å². The van der Waals surface area contributed by atoms with E-state index >= 15 is 0 Å². The molecule has 2 rings (SSSR count). The third-order valence-corrected chi connectivity index (χ3v) is 3.90. The molecule has 1 aromatic rings. The van der Waals surface area contributed by atoms with Crippen LogP contribution in [0.3, 0.4) is 0 Å². The maximum atomic E-state index is 11.9. The minimum atomic E-state index is -0.442. The zero-order valence-electron chi connectivity index (χ0n) is 12.4. The molecule has 1 fully saturated rings. The van der Waals surface area contributed by atoms with Crippen molar-refractivity contribution in [2.75, 3.05) is 5.32 Å². The normalized spacial score (nSPS) is 21.0. The number of amides is 2. The van der Waals surface area contributed by atoms with E-state index in [0.29, 0.717) is 12.8 Å². The Morgan fingerprint density at radius 2 is 2.32 bits per heavy atom. The van der Waals surface area contributed by atoms with E-state index in [2.05, 4.69) is 32.6 Å². The van der Waals surface area contributed by atoms with Crippen LogP contribution < -0.4 is 21.3 Å². The van der Waals surface area contributed by atoms with Crippen molar-refractivity contribution in [2.45, 2.75) is 32.7 Å². The van der Waals surface area contributed by atoms with E-state index in [1.165, 1.54) is 0 Å². The first-order chi connectivity index (χ1) is 10.6. The van der Waals surface area contributed by atoms with Gasteiger partial charge >= 0.3 is 136 Å². The maximum absolute atomic E-state index is 11.9. The number of piperidine rings is 1. The van der Waals surface area contributed by atoms with Crippen molar-refractivity contribution < 1.29 is 29.9 Å². The van der Waals surface area contributed by atoms with E-state index in [9.17, 15) is 9.59 Å². The Morgan fingerprint density at radius 3 is 2.95 bits per heavy atom. The molecule has 0 aliphatic carbocycles. The van der Waals surface area contributed by atoms with Gasteiger partial charge in [-0.25, -0.2) is 0 Å². The molecule has 0 radical (unpaired) electrons. The van der Waals surface area contributed by atoms with Gasteiger partial charge in [-0.05, 0) is 0 Å². The second kappa shape index (κ2) is 7.39. The Balaban J connectivity index is 2.40. The topological polar surface area (TPSA) is 71.3 Å². The molecule has 1 aliphatic heterocycles. The molecule has 5 nitrogen and oxygen atoms in total. The van der Waals surface area contributed by atoms with Crippen LogP contribution in [0.25, 0.3) is 11.6 Å². The number of allylic oxidation sites excluding steroid dienone is 2. The molecule has 0 bridgehead atoms. The Morgan fingerprint density at radius 1 is 1.55 bits per heavy atom. The third kappa shape index (κ3) is 3.65. The van der Waals surface area contributed by atoms with Crippen LogP contribution in [0.4, 0.5) is 5.69 Å². The summed E-state index contributed by atoms with van der Waals surface area (Å²) in [5, 5.41) is 6.34. The number of nitrogens with one attached hydrogen (secondary N) is 2. The number of rotatable bonds is 4. The van der Waals surface area contributed by atoms with Crippen LogP contribution in [0.5, 0.6) is 0 Å². The van der Waals surface area contributed by atoms with Crippen LogP contribution in [0.1, 0.15) is 26.7 Å². The Bertz CT molecular complexity index is 746. The molecule has 1 atom stereocenters. The van der Waals surface area contributed by atoms with E-state index < -0.39 is 6.04 Å².